The summed E-state index contributed by atoms with van der Waals surface area (Å²) in [5.41, 5.74) is 2.02. The van der Waals surface area contributed by atoms with Crippen molar-refractivity contribution >= 4 is 23.5 Å². The van der Waals surface area contributed by atoms with Gasteiger partial charge in [-0.05, 0) is 49.3 Å². The van der Waals surface area contributed by atoms with Crippen molar-refractivity contribution in [2.45, 2.75) is 26.4 Å². The van der Waals surface area contributed by atoms with Crippen molar-refractivity contribution in [2.24, 2.45) is 0 Å². The third kappa shape index (κ3) is 5.58. The van der Waals surface area contributed by atoms with Gasteiger partial charge in [0.05, 0.1) is 17.3 Å². The molecule has 0 fully saturated rings. The molecule has 1 amide bonds. The molecule has 0 aliphatic heterocycles. The zero-order chi connectivity index (χ0) is 22.6. The Bertz CT molecular complexity index is 1120. The second kappa shape index (κ2) is 9.14. The summed E-state index contributed by atoms with van der Waals surface area (Å²) in [6.45, 7) is 5.39. The minimum Gasteiger partial charge on any atom is -0.444 e. The summed E-state index contributed by atoms with van der Waals surface area (Å²) in [4.78, 5) is 28.9. The van der Waals surface area contributed by atoms with Gasteiger partial charge in [-0.15, -0.1) is 0 Å². The standard InChI is InChI=1S/C17H18ClFN6O6/c1-17(2,3)29-15(26)20-6-7-28-22-13-12(21-31-23-13)14-24-30-16(27)25(14)9-4-5-11(19)10(18)8-9/h4-5,8H,6-7H2,1-3H3,(H,20,26)(H,22,23). The number of nitrogens with zero attached hydrogens (tertiary/aromatic N) is 4. The number of amides is 1. The zero-order valence-electron chi connectivity index (χ0n) is 16.6. The van der Waals surface area contributed by atoms with Crippen LogP contribution in [0.25, 0.3) is 17.2 Å². The van der Waals surface area contributed by atoms with E-state index in [0.29, 0.717) is 0 Å². The average molecular weight is 457 g/mol. The summed E-state index contributed by atoms with van der Waals surface area (Å²) >= 11 is 5.79. The molecular formula is C17H18ClFN6O6. The van der Waals surface area contributed by atoms with Gasteiger partial charge in [0.2, 0.25) is 17.3 Å². The number of carbonyl (C=O) groups is 1. The molecule has 166 valence electrons. The van der Waals surface area contributed by atoms with Gasteiger partial charge in [0.25, 0.3) is 0 Å². The van der Waals surface area contributed by atoms with E-state index >= 15 is 0 Å². The predicted molar refractivity (Wildman–Crippen MR) is 104 cm³/mol. The largest absolute Gasteiger partial charge is 0.446 e. The molecular weight excluding hydrogens is 439 g/mol. The van der Waals surface area contributed by atoms with Crippen LogP contribution in [0, 0.1) is 5.82 Å². The van der Waals surface area contributed by atoms with Gasteiger partial charge < -0.3 is 10.1 Å². The van der Waals surface area contributed by atoms with Gasteiger partial charge in [-0.3, -0.25) is 9.36 Å². The highest BCUT2D eigenvalue weighted by atomic mass is 35.5. The Morgan fingerprint density at radius 3 is 2.77 bits per heavy atom. The highest BCUT2D eigenvalue weighted by molar-refractivity contribution is 6.30. The Hall–Kier alpha value is -3.45. The van der Waals surface area contributed by atoms with Gasteiger partial charge >= 0.3 is 11.8 Å². The second-order valence-electron chi connectivity index (χ2n) is 7.05. The van der Waals surface area contributed by atoms with E-state index in [1.165, 1.54) is 12.1 Å². The number of aromatic nitrogens is 4. The fourth-order valence-corrected chi connectivity index (χ4v) is 2.47. The molecule has 31 heavy (non-hydrogen) atoms. The normalized spacial score (nSPS) is 11.4. The summed E-state index contributed by atoms with van der Waals surface area (Å²) in [5, 5.41) is 13.3. The van der Waals surface area contributed by atoms with Crippen LogP contribution in [0.4, 0.5) is 15.0 Å². The van der Waals surface area contributed by atoms with Crippen molar-refractivity contribution in [3.8, 4) is 17.2 Å². The maximum absolute atomic E-state index is 13.5. The summed E-state index contributed by atoms with van der Waals surface area (Å²) in [6, 6.07) is 3.61. The van der Waals surface area contributed by atoms with Crippen LogP contribution in [0.3, 0.4) is 0 Å². The van der Waals surface area contributed by atoms with E-state index in [0.717, 1.165) is 10.6 Å². The molecule has 0 atom stereocenters. The van der Waals surface area contributed by atoms with Crippen molar-refractivity contribution in [1.29, 1.82) is 0 Å². The molecule has 2 aromatic heterocycles. The lowest BCUT2D eigenvalue weighted by Crippen LogP contribution is -2.34. The van der Waals surface area contributed by atoms with Crippen molar-refractivity contribution in [3.63, 3.8) is 0 Å². The van der Waals surface area contributed by atoms with E-state index < -0.39 is 23.3 Å². The summed E-state index contributed by atoms with van der Waals surface area (Å²) < 4.78 is 28.9. The maximum Gasteiger partial charge on any atom is 0.446 e. The van der Waals surface area contributed by atoms with Gasteiger partial charge in [0.1, 0.15) is 11.4 Å². The fourth-order valence-electron chi connectivity index (χ4n) is 2.29. The van der Waals surface area contributed by atoms with Crippen LogP contribution in [0.2, 0.25) is 5.02 Å². The van der Waals surface area contributed by atoms with Gasteiger partial charge in [-0.2, -0.15) is 0 Å². The summed E-state index contributed by atoms with van der Waals surface area (Å²) in [5.74, 6) is -1.64. The van der Waals surface area contributed by atoms with Gasteiger partial charge in [-0.1, -0.05) is 16.8 Å². The van der Waals surface area contributed by atoms with Crippen LogP contribution in [0.1, 0.15) is 20.8 Å². The minimum absolute atomic E-state index is 0.0208. The van der Waals surface area contributed by atoms with Crippen molar-refractivity contribution in [3.05, 3.63) is 39.6 Å². The van der Waals surface area contributed by atoms with Crippen LogP contribution in [0.5, 0.6) is 0 Å². The molecule has 1 aromatic carbocycles. The first-order chi connectivity index (χ1) is 14.7. The number of hydrogen-bond acceptors (Lipinski definition) is 10. The van der Waals surface area contributed by atoms with E-state index in [-0.39, 0.29) is 41.2 Å². The number of carbonyl (C=O) groups excluding carboxylic acids is 1. The summed E-state index contributed by atoms with van der Waals surface area (Å²) in [6.07, 6.45) is -0.593. The lowest BCUT2D eigenvalue weighted by molar-refractivity contribution is 0.0510. The molecule has 0 saturated carbocycles. The quantitative estimate of drug-likeness (QED) is 0.401. The minimum atomic E-state index is -0.867. The molecule has 0 radical (unpaired) electrons. The van der Waals surface area contributed by atoms with E-state index in [4.69, 9.17) is 21.2 Å². The molecule has 0 aliphatic carbocycles. The number of anilines is 1. The van der Waals surface area contributed by atoms with E-state index in [2.05, 4.69) is 35.4 Å². The van der Waals surface area contributed by atoms with E-state index in [1.807, 2.05) is 0 Å². The van der Waals surface area contributed by atoms with Crippen LogP contribution < -0.4 is 16.6 Å². The highest BCUT2D eigenvalue weighted by Gasteiger charge is 2.23. The number of benzene rings is 1. The first-order valence-corrected chi connectivity index (χ1v) is 9.25. The Morgan fingerprint density at radius 2 is 2.06 bits per heavy atom. The summed E-state index contributed by atoms with van der Waals surface area (Å²) in [7, 11) is 0. The third-order valence-corrected chi connectivity index (χ3v) is 3.80. The van der Waals surface area contributed by atoms with E-state index in [1.54, 1.807) is 20.8 Å². The first-order valence-electron chi connectivity index (χ1n) is 8.87. The molecule has 0 saturated heterocycles. The maximum atomic E-state index is 13.5. The predicted octanol–water partition coefficient (Wildman–Crippen LogP) is 2.54. The van der Waals surface area contributed by atoms with Crippen LogP contribution in [0.15, 0.2) is 32.1 Å². The van der Waals surface area contributed by atoms with Crippen molar-refractivity contribution in [1.82, 2.24) is 25.4 Å². The number of rotatable bonds is 7. The molecule has 0 aliphatic rings. The molecule has 3 aromatic rings. The topological polar surface area (TPSA) is 147 Å². The molecule has 0 spiro atoms. The Balaban J connectivity index is 1.67. The SMILES string of the molecule is CC(C)(C)OC(=O)NCCONc1nonc1-c1noc(=O)n1-c1ccc(F)c(Cl)c1. The monoisotopic (exact) mass is 456 g/mol. The average Bonchev–Trinajstić information content (AvgIpc) is 3.28. The Kier molecular flexibility index (Phi) is 6.56. The number of ether oxygens (including phenoxy) is 1. The second-order valence-corrected chi connectivity index (χ2v) is 7.45. The van der Waals surface area contributed by atoms with Gasteiger partial charge in [-0.25, -0.2) is 28.7 Å². The number of nitrogens with one attached hydrogen (secondary N) is 2. The molecule has 0 unspecified atom stereocenters. The highest BCUT2D eigenvalue weighted by Crippen LogP contribution is 2.25. The van der Waals surface area contributed by atoms with Crippen molar-refractivity contribution < 1.29 is 27.9 Å². The molecule has 12 nitrogen and oxygen atoms in total. The fraction of sp³-hybridized carbons (Fsp3) is 0.353. The van der Waals surface area contributed by atoms with Crippen LogP contribution in [-0.2, 0) is 9.57 Å². The lowest BCUT2D eigenvalue weighted by atomic mass is 10.2. The number of hydrogen-bond donors (Lipinski definition) is 2. The molecule has 14 heteroatoms. The Labute approximate surface area is 179 Å². The first kappa shape index (κ1) is 22.2. The molecule has 2 heterocycles. The third-order valence-electron chi connectivity index (χ3n) is 3.51. The number of alkyl carbamates (subject to hydrolysis) is 1. The number of halogens is 2. The lowest BCUT2D eigenvalue weighted by Gasteiger charge is -2.19. The molecule has 2 N–H and O–H groups in total. The van der Waals surface area contributed by atoms with E-state index in [9.17, 15) is 14.0 Å². The van der Waals surface area contributed by atoms with Crippen molar-refractivity contribution in [2.75, 3.05) is 18.6 Å². The van der Waals surface area contributed by atoms with Gasteiger partial charge in [0, 0.05) is 6.54 Å². The van der Waals surface area contributed by atoms with Crippen LogP contribution in [-0.4, -0.2) is 44.9 Å². The smallest absolute Gasteiger partial charge is 0.444 e. The Morgan fingerprint density at radius 1 is 1.29 bits per heavy atom. The van der Waals surface area contributed by atoms with Gasteiger partial charge in [0.15, 0.2) is 0 Å². The molecule has 0 bridgehead atoms. The molecule has 3 rings (SSSR count). The zero-order valence-corrected chi connectivity index (χ0v) is 17.4. The van der Waals surface area contributed by atoms with Crippen LogP contribution >= 0.6 is 11.6 Å².